The van der Waals surface area contributed by atoms with Crippen molar-refractivity contribution in [3.8, 4) is 0 Å². The molecule has 0 radical (unpaired) electrons. The molecule has 76 valence electrons. The third-order valence-electron chi connectivity index (χ3n) is 2.98. The minimum Gasteiger partial charge on any atom is -0.294 e. The number of Topliss-reactive ketones (excluding diaryl/α,β-unsaturated/α-hetero) is 1. The molecule has 0 aromatic carbocycles. The van der Waals surface area contributed by atoms with Gasteiger partial charge in [0.15, 0.2) is 5.78 Å². The Bertz CT molecular complexity index is 339. The Kier molecular flexibility index (Phi) is 2.40. The first-order valence-corrected chi connectivity index (χ1v) is 5.29. The average Bonchev–Trinajstić information content (AvgIpc) is 2.94. The van der Waals surface area contributed by atoms with E-state index in [0.29, 0.717) is 5.92 Å². The van der Waals surface area contributed by atoms with Crippen molar-refractivity contribution >= 4 is 5.78 Å². The van der Waals surface area contributed by atoms with Crippen molar-refractivity contribution in [2.45, 2.75) is 33.2 Å². The molecule has 1 heterocycles. The molecule has 1 saturated carbocycles. The van der Waals surface area contributed by atoms with Gasteiger partial charge in [0.1, 0.15) is 0 Å². The van der Waals surface area contributed by atoms with E-state index in [9.17, 15) is 4.79 Å². The maximum absolute atomic E-state index is 11.9. The van der Waals surface area contributed by atoms with E-state index in [4.69, 9.17) is 0 Å². The summed E-state index contributed by atoms with van der Waals surface area (Å²) in [5, 5.41) is 4.11. The average molecular weight is 192 g/mol. The van der Waals surface area contributed by atoms with Crippen LogP contribution in [0.1, 0.15) is 37.0 Å². The first-order chi connectivity index (χ1) is 6.72. The Morgan fingerprint density at radius 2 is 2.43 bits per heavy atom. The Hall–Kier alpha value is -1.12. The highest BCUT2D eigenvalue weighted by atomic mass is 16.1. The number of ketones is 1. The Morgan fingerprint density at radius 3 is 2.93 bits per heavy atom. The first kappa shape index (κ1) is 9.44. The van der Waals surface area contributed by atoms with E-state index in [2.05, 4.69) is 5.10 Å². The molecule has 1 atom stereocenters. The van der Waals surface area contributed by atoms with Gasteiger partial charge in [0.25, 0.3) is 0 Å². The number of nitrogens with zero attached hydrogens (tertiary/aromatic N) is 2. The number of carbonyl (C=O) groups is 1. The van der Waals surface area contributed by atoms with Crippen LogP contribution in [0.2, 0.25) is 0 Å². The van der Waals surface area contributed by atoms with Crippen LogP contribution < -0.4 is 0 Å². The van der Waals surface area contributed by atoms with Crippen LogP contribution >= 0.6 is 0 Å². The summed E-state index contributed by atoms with van der Waals surface area (Å²) in [6.07, 6.45) is 5.97. The molecule has 1 unspecified atom stereocenters. The minimum absolute atomic E-state index is 0.185. The second-order valence-electron chi connectivity index (χ2n) is 4.08. The van der Waals surface area contributed by atoms with E-state index >= 15 is 0 Å². The molecule has 0 aliphatic heterocycles. The number of hydrogen-bond acceptors (Lipinski definition) is 2. The number of rotatable bonds is 4. The molecule has 1 fully saturated rings. The molecule has 2 rings (SSSR count). The highest BCUT2D eigenvalue weighted by Gasteiger charge is 2.33. The lowest BCUT2D eigenvalue weighted by Gasteiger charge is -2.05. The van der Waals surface area contributed by atoms with Crippen molar-refractivity contribution in [1.82, 2.24) is 9.78 Å². The monoisotopic (exact) mass is 192 g/mol. The van der Waals surface area contributed by atoms with Crippen molar-refractivity contribution in [2.75, 3.05) is 0 Å². The molecule has 14 heavy (non-hydrogen) atoms. The number of aromatic nitrogens is 2. The van der Waals surface area contributed by atoms with E-state index in [1.807, 2.05) is 20.0 Å². The largest absolute Gasteiger partial charge is 0.294 e. The van der Waals surface area contributed by atoms with Crippen molar-refractivity contribution in [3.05, 3.63) is 18.0 Å². The lowest BCUT2D eigenvalue weighted by Crippen LogP contribution is -2.12. The molecule has 1 aromatic rings. The van der Waals surface area contributed by atoms with Crippen LogP contribution in [0.15, 0.2) is 12.4 Å². The van der Waals surface area contributed by atoms with Crippen LogP contribution in [0.25, 0.3) is 0 Å². The Labute approximate surface area is 84.1 Å². The lowest BCUT2D eigenvalue weighted by atomic mass is 9.97. The number of carbonyl (C=O) groups excluding carboxylic acids is 1. The van der Waals surface area contributed by atoms with Crippen molar-refractivity contribution in [1.29, 1.82) is 0 Å². The molecule has 1 aliphatic carbocycles. The van der Waals surface area contributed by atoms with Crippen LogP contribution in [0.5, 0.6) is 0 Å². The Balaban J connectivity index is 2.09. The van der Waals surface area contributed by atoms with Crippen LogP contribution in [0.3, 0.4) is 0 Å². The quantitative estimate of drug-likeness (QED) is 0.685. The summed E-state index contributed by atoms with van der Waals surface area (Å²) < 4.78 is 1.80. The van der Waals surface area contributed by atoms with Gasteiger partial charge in [0.05, 0.1) is 11.8 Å². The van der Waals surface area contributed by atoms with Gasteiger partial charge in [-0.3, -0.25) is 9.48 Å². The molecular formula is C11H16N2O. The van der Waals surface area contributed by atoms with Crippen LogP contribution in [0.4, 0.5) is 0 Å². The molecule has 1 aliphatic rings. The molecule has 1 aromatic heterocycles. The fourth-order valence-electron chi connectivity index (χ4n) is 1.74. The third kappa shape index (κ3) is 1.72. The maximum Gasteiger partial charge on any atom is 0.169 e. The topological polar surface area (TPSA) is 34.9 Å². The highest BCUT2D eigenvalue weighted by molar-refractivity contribution is 5.97. The molecule has 0 saturated heterocycles. The summed E-state index contributed by atoms with van der Waals surface area (Å²) in [4.78, 5) is 11.9. The smallest absolute Gasteiger partial charge is 0.169 e. The summed E-state index contributed by atoms with van der Waals surface area (Å²) >= 11 is 0. The molecule has 0 spiro atoms. The summed E-state index contributed by atoms with van der Waals surface area (Å²) in [6, 6.07) is 0. The summed E-state index contributed by atoms with van der Waals surface area (Å²) in [5.74, 6) is 1.07. The van der Waals surface area contributed by atoms with E-state index in [-0.39, 0.29) is 11.7 Å². The lowest BCUT2D eigenvalue weighted by molar-refractivity contribution is 0.0916. The standard InChI is InChI=1S/C11H16N2O/c1-3-13-7-10(6-12-13)11(14)8(2)9-4-5-9/h6-9H,3-5H2,1-2H3. The SMILES string of the molecule is CCn1cc(C(=O)C(C)C2CC2)cn1. The molecule has 0 bridgehead atoms. The first-order valence-electron chi connectivity index (χ1n) is 5.29. The fourth-order valence-corrected chi connectivity index (χ4v) is 1.74. The van der Waals surface area contributed by atoms with Gasteiger partial charge < -0.3 is 0 Å². The number of aryl methyl sites for hydroxylation is 1. The second kappa shape index (κ2) is 3.56. The van der Waals surface area contributed by atoms with Crippen molar-refractivity contribution < 1.29 is 4.79 Å². The molecule has 0 N–H and O–H groups in total. The molecular weight excluding hydrogens is 176 g/mol. The van der Waals surface area contributed by atoms with Gasteiger partial charge in [-0.15, -0.1) is 0 Å². The zero-order chi connectivity index (χ0) is 10.1. The normalized spacial score (nSPS) is 18.1. The highest BCUT2D eigenvalue weighted by Crippen LogP contribution is 2.37. The summed E-state index contributed by atoms with van der Waals surface area (Å²) in [7, 11) is 0. The van der Waals surface area contributed by atoms with E-state index in [0.717, 1.165) is 12.1 Å². The van der Waals surface area contributed by atoms with Gasteiger partial charge in [-0.05, 0) is 25.7 Å². The minimum atomic E-state index is 0.185. The van der Waals surface area contributed by atoms with Crippen LogP contribution in [-0.4, -0.2) is 15.6 Å². The van der Waals surface area contributed by atoms with E-state index in [1.54, 1.807) is 10.9 Å². The predicted octanol–water partition coefficient (Wildman–Crippen LogP) is 2.13. The van der Waals surface area contributed by atoms with Crippen LogP contribution in [0, 0.1) is 11.8 Å². The van der Waals surface area contributed by atoms with Gasteiger partial charge in [-0.2, -0.15) is 5.10 Å². The predicted molar refractivity (Wildman–Crippen MR) is 54.1 cm³/mol. The molecule has 0 amide bonds. The van der Waals surface area contributed by atoms with Gasteiger partial charge in [-0.25, -0.2) is 0 Å². The van der Waals surface area contributed by atoms with Gasteiger partial charge >= 0.3 is 0 Å². The van der Waals surface area contributed by atoms with Crippen molar-refractivity contribution in [3.63, 3.8) is 0 Å². The third-order valence-corrected chi connectivity index (χ3v) is 2.98. The van der Waals surface area contributed by atoms with E-state index < -0.39 is 0 Å². The fraction of sp³-hybridized carbons (Fsp3) is 0.636. The van der Waals surface area contributed by atoms with Gasteiger partial charge in [-0.1, -0.05) is 6.92 Å². The van der Waals surface area contributed by atoms with Gasteiger partial charge in [0.2, 0.25) is 0 Å². The maximum atomic E-state index is 11.9. The van der Waals surface area contributed by atoms with E-state index in [1.165, 1.54) is 12.8 Å². The van der Waals surface area contributed by atoms with Crippen molar-refractivity contribution in [2.24, 2.45) is 11.8 Å². The summed E-state index contributed by atoms with van der Waals surface area (Å²) in [5.41, 5.74) is 0.770. The zero-order valence-electron chi connectivity index (χ0n) is 8.73. The summed E-state index contributed by atoms with van der Waals surface area (Å²) in [6.45, 7) is 4.87. The Morgan fingerprint density at radius 1 is 1.71 bits per heavy atom. The molecule has 3 nitrogen and oxygen atoms in total. The van der Waals surface area contributed by atoms with Gasteiger partial charge in [0, 0.05) is 18.7 Å². The zero-order valence-corrected chi connectivity index (χ0v) is 8.73. The number of hydrogen-bond donors (Lipinski definition) is 0. The van der Waals surface area contributed by atoms with Crippen LogP contribution in [-0.2, 0) is 6.54 Å². The molecule has 3 heteroatoms. The second-order valence-corrected chi connectivity index (χ2v) is 4.08.